The zero-order valence-corrected chi connectivity index (χ0v) is 12.2. The van der Waals surface area contributed by atoms with Crippen molar-refractivity contribution in [2.24, 2.45) is 5.73 Å². The number of nitrogens with two attached hydrogens (primary N) is 1. The van der Waals surface area contributed by atoms with Gasteiger partial charge in [0.25, 0.3) is 11.8 Å². The van der Waals surface area contributed by atoms with Crippen LogP contribution in [0, 0.1) is 0 Å². The fraction of sp³-hybridized carbons (Fsp3) is 0.176. The summed E-state index contributed by atoms with van der Waals surface area (Å²) in [5.41, 5.74) is 7.82. The Balaban J connectivity index is 1.57. The minimum atomic E-state index is -0.494. The topological polar surface area (TPSA) is 81.9 Å². The van der Waals surface area contributed by atoms with Crippen LogP contribution in [0.1, 0.15) is 32.3 Å². The molecule has 0 fully saturated rings. The monoisotopic (exact) mass is 310 g/mol. The highest BCUT2D eigenvalue weighted by Gasteiger charge is 2.36. The number of carbonyl (C=O) groups is 2. The van der Waals surface area contributed by atoms with E-state index in [4.69, 9.17) is 15.2 Å². The van der Waals surface area contributed by atoms with E-state index in [9.17, 15) is 9.59 Å². The van der Waals surface area contributed by atoms with E-state index >= 15 is 0 Å². The van der Waals surface area contributed by atoms with Gasteiger partial charge in [-0.05, 0) is 29.8 Å². The summed E-state index contributed by atoms with van der Waals surface area (Å²) < 4.78 is 10.6. The average Bonchev–Trinajstić information content (AvgIpc) is 3.13. The zero-order chi connectivity index (χ0) is 16.0. The molecule has 2 aromatic carbocycles. The van der Waals surface area contributed by atoms with Crippen LogP contribution >= 0.6 is 0 Å². The minimum Gasteiger partial charge on any atom is -0.454 e. The molecule has 2 heterocycles. The molecule has 0 aromatic heterocycles. The molecule has 116 valence electrons. The molecule has 0 aliphatic carbocycles. The third kappa shape index (κ3) is 2.15. The molecule has 2 aromatic rings. The van der Waals surface area contributed by atoms with Gasteiger partial charge in [0.05, 0.1) is 11.1 Å². The van der Waals surface area contributed by atoms with Crippen LogP contribution in [0.5, 0.6) is 11.5 Å². The zero-order valence-electron chi connectivity index (χ0n) is 12.2. The van der Waals surface area contributed by atoms with E-state index in [0.29, 0.717) is 22.6 Å². The first-order chi connectivity index (χ1) is 11.1. The van der Waals surface area contributed by atoms with Crippen molar-refractivity contribution >= 4 is 11.8 Å². The quantitative estimate of drug-likeness (QED) is 0.873. The van der Waals surface area contributed by atoms with Crippen LogP contribution in [0.2, 0.25) is 0 Å². The summed E-state index contributed by atoms with van der Waals surface area (Å²) >= 11 is 0. The number of hydrogen-bond donors (Lipinski definition) is 1. The normalized spacial score (nSPS) is 16.7. The van der Waals surface area contributed by atoms with Crippen LogP contribution < -0.4 is 15.2 Å². The smallest absolute Gasteiger partial charge is 0.261 e. The van der Waals surface area contributed by atoms with E-state index in [1.165, 1.54) is 4.90 Å². The van der Waals surface area contributed by atoms with Crippen molar-refractivity contribution in [3.63, 3.8) is 0 Å². The van der Waals surface area contributed by atoms with Gasteiger partial charge in [0.15, 0.2) is 11.5 Å². The van der Waals surface area contributed by atoms with Gasteiger partial charge in [-0.1, -0.05) is 18.2 Å². The number of amides is 2. The lowest BCUT2D eigenvalue weighted by molar-refractivity contribution is 0.0644. The van der Waals surface area contributed by atoms with Gasteiger partial charge in [0.2, 0.25) is 6.79 Å². The fourth-order valence-electron chi connectivity index (χ4n) is 2.85. The third-order valence-corrected chi connectivity index (χ3v) is 4.08. The number of benzene rings is 2. The number of fused-ring (bicyclic) bond motifs is 2. The van der Waals surface area contributed by atoms with Crippen LogP contribution in [-0.2, 0) is 0 Å². The van der Waals surface area contributed by atoms with Crippen molar-refractivity contribution in [2.45, 2.75) is 6.04 Å². The van der Waals surface area contributed by atoms with E-state index in [-0.39, 0.29) is 25.2 Å². The Bertz CT molecular complexity index is 783. The number of ether oxygens (including phenoxy) is 2. The van der Waals surface area contributed by atoms with Gasteiger partial charge in [-0.3, -0.25) is 14.5 Å². The van der Waals surface area contributed by atoms with Crippen molar-refractivity contribution in [2.75, 3.05) is 13.3 Å². The van der Waals surface area contributed by atoms with Crippen molar-refractivity contribution < 1.29 is 19.1 Å². The summed E-state index contributed by atoms with van der Waals surface area (Å²) in [5.74, 6) is 0.686. The number of hydrogen-bond acceptors (Lipinski definition) is 5. The molecule has 1 unspecified atom stereocenters. The second kappa shape index (κ2) is 5.10. The first-order valence-corrected chi connectivity index (χ1v) is 7.25. The van der Waals surface area contributed by atoms with Crippen LogP contribution in [0.4, 0.5) is 0 Å². The van der Waals surface area contributed by atoms with Gasteiger partial charge in [-0.2, -0.15) is 0 Å². The van der Waals surface area contributed by atoms with Crippen LogP contribution in [0.25, 0.3) is 0 Å². The lowest BCUT2D eigenvalue weighted by Crippen LogP contribution is -2.36. The molecule has 6 nitrogen and oxygen atoms in total. The fourth-order valence-corrected chi connectivity index (χ4v) is 2.85. The van der Waals surface area contributed by atoms with Crippen LogP contribution in [-0.4, -0.2) is 30.1 Å². The SMILES string of the molecule is NC(CN1C(=O)c2ccccc2C1=O)c1ccc2c(c1)OCO2. The highest BCUT2D eigenvalue weighted by Crippen LogP contribution is 2.34. The first kappa shape index (κ1) is 13.8. The molecule has 2 N–H and O–H groups in total. The van der Waals surface area contributed by atoms with E-state index in [2.05, 4.69) is 0 Å². The van der Waals surface area contributed by atoms with Crippen molar-refractivity contribution in [3.05, 3.63) is 59.2 Å². The summed E-state index contributed by atoms with van der Waals surface area (Å²) in [6.45, 7) is 0.304. The molecular formula is C17H14N2O4. The summed E-state index contributed by atoms with van der Waals surface area (Å²) in [4.78, 5) is 25.9. The van der Waals surface area contributed by atoms with Crippen LogP contribution in [0.3, 0.4) is 0 Å². The molecule has 0 spiro atoms. The molecule has 6 heteroatoms. The third-order valence-electron chi connectivity index (χ3n) is 4.08. The first-order valence-electron chi connectivity index (χ1n) is 7.25. The van der Waals surface area contributed by atoms with Crippen LogP contribution in [0.15, 0.2) is 42.5 Å². The minimum absolute atomic E-state index is 0.117. The molecule has 1 atom stereocenters. The number of rotatable bonds is 3. The van der Waals surface area contributed by atoms with Gasteiger partial charge >= 0.3 is 0 Å². The van der Waals surface area contributed by atoms with Gasteiger partial charge < -0.3 is 15.2 Å². The van der Waals surface area contributed by atoms with E-state index in [0.717, 1.165) is 5.56 Å². The maximum atomic E-state index is 12.4. The maximum absolute atomic E-state index is 12.4. The number of imide groups is 1. The van der Waals surface area contributed by atoms with Gasteiger partial charge in [0, 0.05) is 12.6 Å². The molecule has 2 amide bonds. The Morgan fingerprint density at radius 1 is 1.00 bits per heavy atom. The predicted octanol–water partition coefficient (Wildman–Crippen LogP) is 1.71. The maximum Gasteiger partial charge on any atom is 0.261 e. The lowest BCUT2D eigenvalue weighted by atomic mass is 10.1. The molecule has 0 bridgehead atoms. The highest BCUT2D eigenvalue weighted by atomic mass is 16.7. The molecule has 0 radical (unpaired) electrons. The predicted molar refractivity (Wildman–Crippen MR) is 81.3 cm³/mol. The van der Waals surface area contributed by atoms with E-state index < -0.39 is 6.04 Å². The summed E-state index contributed by atoms with van der Waals surface area (Å²) in [5, 5.41) is 0. The number of nitrogens with zero attached hydrogens (tertiary/aromatic N) is 1. The molecule has 0 saturated heterocycles. The Morgan fingerprint density at radius 3 is 2.35 bits per heavy atom. The summed E-state index contributed by atoms with van der Waals surface area (Å²) in [6, 6.07) is 11.7. The molecular weight excluding hydrogens is 296 g/mol. The van der Waals surface area contributed by atoms with Gasteiger partial charge in [-0.15, -0.1) is 0 Å². The largest absolute Gasteiger partial charge is 0.454 e. The summed E-state index contributed by atoms with van der Waals surface area (Å²) in [6.07, 6.45) is 0. The molecule has 2 aliphatic heterocycles. The second-order valence-electron chi connectivity index (χ2n) is 5.49. The standard InChI is InChI=1S/C17H14N2O4/c18-13(10-5-6-14-15(7-10)23-9-22-14)8-19-16(20)11-3-1-2-4-12(11)17(19)21/h1-7,13H,8-9,18H2. The van der Waals surface area contributed by atoms with Gasteiger partial charge in [0.1, 0.15) is 0 Å². The summed E-state index contributed by atoms with van der Waals surface area (Å²) in [7, 11) is 0. The van der Waals surface area contributed by atoms with Gasteiger partial charge in [-0.25, -0.2) is 0 Å². The Kier molecular flexibility index (Phi) is 3.06. The molecule has 23 heavy (non-hydrogen) atoms. The lowest BCUT2D eigenvalue weighted by Gasteiger charge is -2.19. The highest BCUT2D eigenvalue weighted by molar-refractivity contribution is 6.21. The average molecular weight is 310 g/mol. The Labute approximate surface area is 132 Å². The van der Waals surface area contributed by atoms with Crippen molar-refractivity contribution in [3.8, 4) is 11.5 Å². The van der Waals surface area contributed by atoms with Crippen molar-refractivity contribution in [1.82, 2.24) is 4.90 Å². The molecule has 0 saturated carbocycles. The van der Waals surface area contributed by atoms with E-state index in [1.807, 2.05) is 6.07 Å². The van der Waals surface area contributed by atoms with Crippen molar-refractivity contribution in [1.29, 1.82) is 0 Å². The number of carbonyl (C=O) groups excluding carboxylic acids is 2. The second-order valence-corrected chi connectivity index (χ2v) is 5.49. The van der Waals surface area contributed by atoms with E-state index in [1.54, 1.807) is 36.4 Å². The Morgan fingerprint density at radius 2 is 1.65 bits per heavy atom. The Hall–Kier alpha value is -2.86. The molecule has 4 rings (SSSR count). The molecule has 2 aliphatic rings.